The van der Waals surface area contributed by atoms with Gasteiger partial charge < -0.3 is 27.6 Å². The Morgan fingerprint density at radius 1 is 1.43 bits per heavy atom. The van der Waals surface area contributed by atoms with Crippen molar-refractivity contribution in [1.29, 1.82) is 0 Å². The van der Waals surface area contributed by atoms with Gasteiger partial charge >= 0.3 is 0 Å². The number of nitrogens with one attached hydrogen (secondary N) is 2. The van der Waals surface area contributed by atoms with Crippen molar-refractivity contribution in [3.05, 3.63) is 23.4 Å². The number of dihydropyridines is 1. The molecule has 2 aliphatic heterocycles. The highest BCUT2D eigenvalue weighted by molar-refractivity contribution is 7.63. The molecule has 0 unspecified atom stereocenters. The normalized spacial score (nSPS) is 21.6. The van der Waals surface area contributed by atoms with Crippen molar-refractivity contribution in [2.75, 3.05) is 33.4 Å². The second-order valence-corrected chi connectivity index (χ2v) is 3.86. The van der Waals surface area contributed by atoms with E-state index in [1.54, 1.807) is 4.90 Å². The third kappa shape index (κ3) is 5.21. The molecular formula is C10H18N2OS. The van der Waals surface area contributed by atoms with E-state index >= 15 is 0 Å². The minimum atomic E-state index is 0.836. The van der Waals surface area contributed by atoms with Gasteiger partial charge in [-0.25, -0.2) is 0 Å². The molecule has 0 bridgehead atoms. The first kappa shape index (κ1) is 11.5. The lowest BCUT2D eigenvalue weighted by Crippen LogP contribution is -3.11. The average molecular weight is 214 g/mol. The molecule has 3 nitrogen and oxygen atoms in total. The maximum Gasteiger partial charge on any atom is 0.101 e. The van der Waals surface area contributed by atoms with E-state index in [0.29, 0.717) is 0 Å². The summed E-state index contributed by atoms with van der Waals surface area (Å²) < 4.78 is 5.12. The Bertz CT molecular complexity index is 210. The molecule has 2 rings (SSSR count). The zero-order valence-corrected chi connectivity index (χ0v) is 9.40. The number of ether oxygens (including phenoxy) is 1. The molecule has 0 atom stereocenters. The van der Waals surface area contributed by atoms with Gasteiger partial charge in [-0.05, 0) is 12.6 Å². The Morgan fingerprint density at radius 3 is 2.43 bits per heavy atom. The second kappa shape index (κ2) is 6.81. The summed E-state index contributed by atoms with van der Waals surface area (Å²) >= 11 is 4.79. The Hall–Kier alpha value is -0.580. The fraction of sp³-hybridized carbons (Fsp3) is 0.600. The van der Waals surface area contributed by atoms with Gasteiger partial charge in [-0.3, -0.25) is 0 Å². The molecule has 0 aromatic rings. The molecule has 2 aliphatic rings. The van der Waals surface area contributed by atoms with Crippen molar-refractivity contribution in [3.8, 4) is 0 Å². The second-order valence-electron chi connectivity index (χ2n) is 3.42. The molecule has 14 heavy (non-hydrogen) atoms. The number of quaternary nitrogens is 1. The van der Waals surface area contributed by atoms with Crippen molar-refractivity contribution in [1.82, 2.24) is 5.32 Å². The van der Waals surface area contributed by atoms with E-state index in [2.05, 4.69) is 12.4 Å². The van der Waals surface area contributed by atoms with Crippen molar-refractivity contribution in [3.63, 3.8) is 0 Å². The standard InChI is InChI=1S/C5H11NO.C5H7NS/c1-6-2-4-7-5-3-6;7-5-3-1-2-4-6-5/h2-5H2,1H3;2-4,6-7H,1H2. The molecule has 0 aliphatic carbocycles. The maximum atomic E-state index is 5.12. The summed E-state index contributed by atoms with van der Waals surface area (Å²) in [5.41, 5.74) is 0. The first-order chi connectivity index (χ1) is 6.79. The van der Waals surface area contributed by atoms with Crippen LogP contribution in [0.1, 0.15) is 6.42 Å². The predicted molar refractivity (Wildman–Crippen MR) is 59.8 cm³/mol. The van der Waals surface area contributed by atoms with Crippen LogP contribution in [0.4, 0.5) is 0 Å². The number of likely N-dealkylation sites (N-methyl/N-ethyl adjacent to an activating group) is 1. The highest BCUT2D eigenvalue weighted by Gasteiger charge is 2.05. The van der Waals surface area contributed by atoms with Crippen LogP contribution in [0, 0.1) is 0 Å². The molecule has 80 valence electrons. The van der Waals surface area contributed by atoms with E-state index in [1.807, 2.05) is 18.4 Å². The van der Waals surface area contributed by atoms with Crippen molar-refractivity contribution in [2.45, 2.75) is 6.42 Å². The van der Waals surface area contributed by atoms with Crippen LogP contribution in [-0.4, -0.2) is 33.4 Å². The summed E-state index contributed by atoms with van der Waals surface area (Å²) in [6.45, 7) is 4.26. The van der Waals surface area contributed by atoms with Gasteiger partial charge in [-0.1, -0.05) is 12.2 Å². The van der Waals surface area contributed by atoms with Gasteiger partial charge in [0.15, 0.2) is 0 Å². The van der Waals surface area contributed by atoms with Crippen LogP contribution in [0.2, 0.25) is 0 Å². The van der Waals surface area contributed by atoms with Crippen molar-refractivity contribution >= 4 is 12.6 Å². The van der Waals surface area contributed by atoms with Gasteiger partial charge in [0.25, 0.3) is 0 Å². The predicted octanol–water partition coefficient (Wildman–Crippen LogP) is -0.587. The van der Waals surface area contributed by atoms with Crippen molar-refractivity contribution in [2.24, 2.45) is 0 Å². The topological polar surface area (TPSA) is 25.7 Å². The van der Waals surface area contributed by atoms with Crippen LogP contribution in [0.15, 0.2) is 23.4 Å². The van der Waals surface area contributed by atoms with Crippen LogP contribution in [0.5, 0.6) is 0 Å². The molecule has 4 heteroatoms. The molecule has 0 aromatic carbocycles. The minimum Gasteiger partial charge on any atom is -0.763 e. The Balaban J connectivity index is 0.000000140. The molecule has 0 saturated carbocycles. The largest absolute Gasteiger partial charge is 0.763 e. The van der Waals surface area contributed by atoms with Gasteiger partial charge in [0.1, 0.15) is 13.1 Å². The van der Waals surface area contributed by atoms with Crippen LogP contribution in [0.25, 0.3) is 0 Å². The number of morpholine rings is 1. The summed E-state index contributed by atoms with van der Waals surface area (Å²) in [6, 6.07) is 0. The maximum absolute atomic E-state index is 5.12. The SMILES string of the molecule is C[NH+]1CCOCC1.[S-]C1=CCC=CN1. The van der Waals surface area contributed by atoms with E-state index < -0.39 is 0 Å². The molecule has 0 radical (unpaired) electrons. The molecule has 1 fully saturated rings. The molecule has 1 saturated heterocycles. The van der Waals surface area contributed by atoms with Crippen LogP contribution >= 0.6 is 0 Å². The fourth-order valence-electron chi connectivity index (χ4n) is 1.16. The van der Waals surface area contributed by atoms with Gasteiger partial charge in [0, 0.05) is 0 Å². The molecular weight excluding hydrogens is 196 g/mol. The number of allylic oxidation sites excluding steroid dienone is 2. The van der Waals surface area contributed by atoms with E-state index in [9.17, 15) is 0 Å². The Kier molecular flexibility index (Phi) is 5.59. The number of rotatable bonds is 0. The lowest BCUT2D eigenvalue weighted by atomic mass is 10.4. The zero-order valence-electron chi connectivity index (χ0n) is 8.58. The van der Waals surface area contributed by atoms with E-state index in [4.69, 9.17) is 17.4 Å². The summed E-state index contributed by atoms with van der Waals surface area (Å²) in [6.07, 6.45) is 6.83. The summed E-state index contributed by atoms with van der Waals surface area (Å²) in [5.74, 6) is 0. The average Bonchev–Trinajstić information content (AvgIpc) is 2.21. The van der Waals surface area contributed by atoms with Crippen LogP contribution < -0.4 is 10.2 Å². The Morgan fingerprint density at radius 2 is 2.14 bits per heavy atom. The number of hydrogen-bond donors (Lipinski definition) is 2. The first-order valence-electron chi connectivity index (χ1n) is 4.97. The highest BCUT2D eigenvalue weighted by atomic mass is 32.1. The minimum absolute atomic E-state index is 0.836. The quantitative estimate of drug-likeness (QED) is 0.528. The lowest BCUT2D eigenvalue weighted by molar-refractivity contribution is -0.888. The third-order valence-corrected chi connectivity index (χ3v) is 2.41. The van der Waals surface area contributed by atoms with Gasteiger partial charge in [0.05, 0.1) is 20.3 Å². The van der Waals surface area contributed by atoms with Crippen LogP contribution in [-0.2, 0) is 17.4 Å². The Labute approximate surface area is 91.2 Å². The van der Waals surface area contributed by atoms with Gasteiger partial charge in [-0.15, -0.1) is 5.03 Å². The summed E-state index contributed by atoms with van der Waals surface area (Å²) in [4.78, 5) is 1.59. The lowest BCUT2D eigenvalue weighted by Gasteiger charge is -2.18. The van der Waals surface area contributed by atoms with Gasteiger partial charge in [-0.2, -0.15) is 0 Å². The van der Waals surface area contributed by atoms with E-state index in [0.717, 1.165) is 24.7 Å². The highest BCUT2D eigenvalue weighted by Crippen LogP contribution is 1.95. The molecule has 0 amide bonds. The zero-order chi connectivity index (χ0) is 10.2. The first-order valence-corrected chi connectivity index (χ1v) is 5.37. The van der Waals surface area contributed by atoms with Crippen LogP contribution in [0.3, 0.4) is 0 Å². The molecule has 2 N–H and O–H groups in total. The van der Waals surface area contributed by atoms with E-state index in [-0.39, 0.29) is 0 Å². The molecule has 0 aromatic heterocycles. The molecule has 0 spiro atoms. The monoisotopic (exact) mass is 214 g/mol. The fourth-order valence-corrected chi connectivity index (χ4v) is 1.33. The van der Waals surface area contributed by atoms with Crippen molar-refractivity contribution < 1.29 is 9.64 Å². The number of hydrogen-bond acceptors (Lipinski definition) is 3. The summed E-state index contributed by atoms with van der Waals surface area (Å²) in [7, 11) is 2.20. The van der Waals surface area contributed by atoms with Gasteiger partial charge in [0.2, 0.25) is 0 Å². The third-order valence-electron chi connectivity index (χ3n) is 2.13. The summed E-state index contributed by atoms with van der Waals surface area (Å²) in [5, 5.41) is 3.71. The van der Waals surface area contributed by atoms with E-state index in [1.165, 1.54) is 13.1 Å². The smallest absolute Gasteiger partial charge is 0.101 e. The molecule has 2 heterocycles.